The number of methoxy groups -OCH3 is 1. The van der Waals surface area contributed by atoms with Crippen molar-refractivity contribution in [2.75, 3.05) is 33.2 Å². The van der Waals surface area contributed by atoms with Gasteiger partial charge >= 0.3 is 0 Å². The molecule has 29 heavy (non-hydrogen) atoms. The minimum Gasteiger partial charge on any atom is -0.497 e. The van der Waals surface area contributed by atoms with Gasteiger partial charge in [-0.1, -0.05) is 36.4 Å². The monoisotopic (exact) mass is 383 g/mol. The number of fused-ring (bicyclic) bond motifs is 1. The molecule has 0 saturated heterocycles. The largest absolute Gasteiger partial charge is 0.497 e. The Kier molecular flexibility index (Phi) is 4.98. The van der Waals surface area contributed by atoms with Gasteiger partial charge in [-0.15, -0.1) is 0 Å². The van der Waals surface area contributed by atoms with Crippen LogP contribution in [0.5, 0.6) is 5.75 Å². The predicted molar refractivity (Wildman–Crippen MR) is 123 cm³/mol. The second-order valence-corrected chi connectivity index (χ2v) is 7.58. The maximum absolute atomic E-state index is 5.38. The van der Waals surface area contributed by atoms with E-state index in [0.29, 0.717) is 0 Å². The molecule has 0 aromatic heterocycles. The Hall–Kier alpha value is -3.33. The van der Waals surface area contributed by atoms with Gasteiger partial charge in [0, 0.05) is 38.3 Å². The summed E-state index contributed by atoms with van der Waals surface area (Å²) in [5.41, 5.74) is 9.89. The number of allylic oxidation sites excluding steroid dienone is 1. The molecule has 1 heterocycles. The minimum atomic E-state index is 0.866. The van der Waals surface area contributed by atoms with Gasteiger partial charge in [-0.05, 0) is 41.5 Å². The maximum atomic E-state index is 5.38. The quantitative estimate of drug-likeness (QED) is 0.555. The zero-order chi connectivity index (χ0) is 20.5. The normalized spacial score (nSPS) is 14.7. The fourth-order valence-electron chi connectivity index (χ4n) is 3.98. The molecule has 3 heteroatoms. The second kappa shape index (κ2) is 7.59. The predicted octanol–water partition coefficient (Wildman–Crippen LogP) is 5.47. The number of anilines is 1. The molecule has 0 amide bonds. The Morgan fingerprint density at radius 2 is 1.41 bits per heavy atom. The van der Waals surface area contributed by atoms with Gasteiger partial charge in [0.05, 0.1) is 18.2 Å². The average Bonchev–Trinajstić information content (AvgIpc) is 3.00. The third-order valence-electron chi connectivity index (χ3n) is 5.70. The number of nitrogens with zero attached hydrogens (tertiary/aromatic N) is 2. The summed E-state index contributed by atoms with van der Waals surface area (Å²) in [5.74, 6) is 0.866. The summed E-state index contributed by atoms with van der Waals surface area (Å²) in [5, 5.41) is 0. The molecule has 0 atom stereocenters. The maximum Gasteiger partial charge on any atom is 0.213 e. The zero-order valence-electron chi connectivity index (χ0n) is 17.7. The highest BCUT2D eigenvalue weighted by molar-refractivity contribution is 6.32. The molecular formula is C26H27N2O+. The van der Waals surface area contributed by atoms with E-state index in [1.54, 1.807) is 7.11 Å². The first-order valence-corrected chi connectivity index (χ1v) is 9.84. The average molecular weight is 384 g/mol. The van der Waals surface area contributed by atoms with Crippen molar-refractivity contribution in [1.29, 1.82) is 0 Å². The van der Waals surface area contributed by atoms with Crippen molar-refractivity contribution in [2.24, 2.45) is 0 Å². The number of ether oxygens (including phenoxy) is 1. The van der Waals surface area contributed by atoms with Gasteiger partial charge in [0.1, 0.15) is 12.8 Å². The van der Waals surface area contributed by atoms with E-state index in [4.69, 9.17) is 4.74 Å². The van der Waals surface area contributed by atoms with Crippen LogP contribution in [0.2, 0.25) is 0 Å². The Bertz CT molecular complexity index is 1100. The lowest BCUT2D eigenvalue weighted by molar-refractivity contribution is -0.401. The highest BCUT2D eigenvalue weighted by atomic mass is 16.5. The Labute approximate surface area is 173 Å². The first kappa shape index (κ1) is 19.0. The Morgan fingerprint density at radius 3 is 2.00 bits per heavy atom. The first-order chi connectivity index (χ1) is 14.0. The molecule has 0 N–H and O–H groups in total. The van der Waals surface area contributed by atoms with Gasteiger partial charge in [0.2, 0.25) is 5.69 Å². The van der Waals surface area contributed by atoms with E-state index in [9.17, 15) is 0 Å². The smallest absolute Gasteiger partial charge is 0.213 e. The zero-order valence-corrected chi connectivity index (χ0v) is 17.7. The van der Waals surface area contributed by atoms with Gasteiger partial charge in [-0.25, -0.2) is 0 Å². The molecule has 3 nitrogen and oxygen atoms in total. The van der Waals surface area contributed by atoms with Crippen molar-refractivity contribution >= 4 is 28.2 Å². The van der Waals surface area contributed by atoms with Gasteiger partial charge in [0.15, 0.2) is 5.71 Å². The van der Waals surface area contributed by atoms with Crippen molar-refractivity contribution in [3.63, 3.8) is 0 Å². The third-order valence-corrected chi connectivity index (χ3v) is 5.70. The molecule has 1 aliphatic heterocycles. The van der Waals surface area contributed by atoms with Crippen LogP contribution in [0.1, 0.15) is 23.6 Å². The standard InChI is InChI=1S/C26H27N2O/c1-18-25(23-8-6-7-9-24(23)28(18)4)26(20-12-16-22(29-5)17-13-20)19-10-14-21(15-11-19)27(2)3/h6-17H,1-5H3/q+1. The van der Waals surface area contributed by atoms with Crippen molar-refractivity contribution in [3.8, 4) is 5.75 Å². The number of rotatable bonds is 4. The van der Waals surface area contributed by atoms with E-state index in [2.05, 4.69) is 98.2 Å². The van der Waals surface area contributed by atoms with Crippen LogP contribution in [-0.4, -0.2) is 38.5 Å². The first-order valence-electron chi connectivity index (χ1n) is 9.84. The van der Waals surface area contributed by atoms with E-state index in [1.165, 1.54) is 44.9 Å². The van der Waals surface area contributed by atoms with Gasteiger partial charge in [-0.2, -0.15) is 4.58 Å². The highest BCUT2D eigenvalue weighted by Crippen LogP contribution is 2.41. The van der Waals surface area contributed by atoms with E-state index in [-0.39, 0.29) is 0 Å². The summed E-state index contributed by atoms with van der Waals surface area (Å²) in [6.45, 7) is 2.20. The summed E-state index contributed by atoms with van der Waals surface area (Å²) in [6, 6.07) is 25.8. The molecule has 0 saturated carbocycles. The lowest BCUT2D eigenvalue weighted by atomic mass is 9.88. The molecular weight excluding hydrogens is 356 g/mol. The van der Waals surface area contributed by atoms with Crippen LogP contribution in [0, 0.1) is 0 Å². The molecule has 0 radical (unpaired) electrons. The summed E-state index contributed by atoms with van der Waals surface area (Å²) in [7, 11) is 7.98. The molecule has 0 unspecified atom stereocenters. The number of hydrogen-bond acceptors (Lipinski definition) is 2. The number of para-hydroxylation sites is 1. The number of hydrogen-bond donors (Lipinski definition) is 0. The summed E-state index contributed by atoms with van der Waals surface area (Å²) in [6.07, 6.45) is 0. The Morgan fingerprint density at radius 1 is 0.828 bits per heavy atom. The SMILES string of the molecule is COc1ccc(C(=C2C(C)=[N+](C)c3ccccc32)c2ccc(N(C)C)cc2)cc1. The fraction of sp³-hybridized carbons (Fsp3) is 0.192. The molecule has 3 aromatic rings. The van der Waals surface area contributed by atoms with Crippen LogP contribution >= 0.6 is 0 Å². The van der Waals surface area contributed by atoms with Crippen LogP contribution in [0.25, 0.3) is 11.1 Å². The molecule has 0 fully saturated rings. The van der Waals surface area contributed by atoms with E-state index in [0.717, 1.165) is 5.75 Å². The van der Waals surface area contributed by atoms with Crippen molar-refractivity contribution < 1.29 is 9.31 Å². The molecule has 0 spiro atoms. The van der Waals surface area contributed by atoms with Crippen LogP contribution in [0.4, 0.5) is 11.4 Å². The van der Waals surface area contributed by atoms with E-state index in [1.807, 2.05) is 12.1 Å². The molecule has 0 aliphatic carbocycles. The molecule has 0 bridgehead atoms. The van der Waals surface area contributed by atoms with Crippen molar-refractivity contribution in [2.45, 2.75) is 6.92 Å². The van der Waals surface area contributed by atoms with E-state index >= 15 is 0 Å². The topological polar surface area (TPSA) is 15.5 Å². The molecule has 4 rings (SSSR count). The van der Waals surface area contributed by atoms with Gasteiger partial charge in [0.25, 0.3) is 0 Å². The lowest BCUT2D eigenvalue weighted by Gasteiger charge is -2.16. The highest BCUT2D eigenvalue weighted by Gasteiger charge is 2.32. The summed E-state index contributed by atoms with van der Waals surface area (Å²) in [4.78, 5) is 2.12. The second-order valence-electron chi connectivity index (χ2n) is 7.58. The third kappa shape index (κ3) is 3.33. The Balaban J connectivity index is 1.99. The van der Waals surface area contributed by atoms with Crippen molar-refractivity contribution in [1.82, 2.24) is 0 Å². The lowest BCUT2D eigenvalue weighted by Crippen LogP contribution is -2.08. The molecule has 1 aliphatic rings. The number of benzene rings is 3. The summed E-state index contributed by atoms with van der Waals surface area (Å²) >= 11 is 0. The van der Waals surface area contributed by atoms with Crippen LogP contribution in [-0.2, 0) is 0 Å². The van der Waals surface area contributed by atoms with Gasteiger partial charge < -0.3 is 9.64 Å². The van der Waals surface area contributed by atoms with Crippen LogP contribution in [0.3, 0.4) is 0 Å². The van der Waals surface area contributed by atoms with Gasteiger partial charge in [-0.3, -0.25) is 0 Å². The molecule has 146 valence electrons. The molecule has 3 aromatic carbocycles. The van der Waals surface area contributed by atoms with Crippen molar-refractivity contribution in [3.05, 3.63) is 89.5 Å². The summed E-state index contributed by atoms with van der Waals surface area (Å²) < 4.78 is 7.66. The van der Waals surface area contributed by atoms with E-state index < -0.39 is 0 Å². The van der Waals surface area contributed by atoms with Crippen LogP contribution < -0.4 is 9.64 Å². The van der Waals surface area contributed by atoms with Crippen LogP contribution in [0.15, 0.2) is 72.8 Å². The minimum absolute atomic E-state index is 0.866. The fourth-order valence-corrected chi connectivity index (χ4v) is 3.98.